The van der Waals surface area contributed by atoms with E-state index in [1.54, 1.807) is 6.07 Å². The van der Waals surface area contributed by atoms with Crippen molar-refractivity contribution < 1.29 is 14.3 Å². The SMILES string of the molecule is Cc1ccc2c(c1)CC(CC=O)OC2=O. The van der Waals surface area contributed by atoms with Gasteiger partial charge in [0.1, 0.15) is 12.4 Å². The maximum absolute atomic E-state index is 11.5. The fraction of sp³-hybridized carbons (Fsp3) is 0.333. The summed E-state index contributed by atoms with van der Waals surface area (Å²) in [5, 5.41) is 0. The first-order valence-corrected chi connectivity index (χ1v) is 4.95. The zero-order valence-corrected chi connectivity index (χ0v) is 8.53. The fourth-order valence-electron chi connectivity index (χ4n) is 1.83. The second-order valence-electron chi connectivity index (χ2n) is 3.79. The number of aryl methyl sites for hydroxylation is 1. The second-order valence-corrected chi connectivity index (χ2v) is 3.79. The highest BCUT2D eigenvalue weighted by Crippen LogP contribution is 2.22. The van der Waals surface area contributed by atoms with Gasteiger partial charge in [0.2, 0.25) is 0 Å². The number of ether oxygens (including phenoxy) is 1. The summed E-state index contributed by atoms with van der Waals surface area (Å²) >= 11 is 0. The predicted molar refractivity (Wildman–Crippen MR) is 54.8 cm³/mol. The van der Waals surface area contributed by atoms with Crippen molar-refractivity contribution in [2.24, 2.45) is 0 Å². The van der Waals surface area contributed by atoms with Gasteiger partial charge in [-0.15, -0.1) is 0 Å². The van der Waals surface area contributed by atoms with Gasteiger partial charge in [-0.05, 0) is 18.6 Å². The molecule has 0 saturated heterocycles. The molecule has 1 aliphatic heterocycles. The molecule has 1 heterocycles. The van der Waals surface area contributed by atoms with E-state index >= 15 is 0 Å². The Morgan fingerprint density at radius 2 is 2.33 bits per heavy atom. The predicted octanol–water partition coefficient (Wildman–Crippen LogP) is 1.67. The molecule has 0 N–H and O–H groups in total. The molecule has 0 aromatic heterocycles. The van der Waals surface area contributed by atoms with Crippen molar-refractivity contribution in [2.75, 3.05) is 0 Å². The highest BCUT2D eigenvalue weighted by Gasteiger charge is 2.25. The molecule has 1 unspecified atom stereocenters. The number of cyclic esters (lactones) is 1. The van der Waals surface area contributed by atoms with Crippen LogP contribution in [-0.2, 0) is 16.0 Å². The molecule has 0 saturated carbocycles. The maximum atomic E-state index is 11.5. The lowest BCUT2D eigenvalue weighted by Gasteiger charge is -2.23. The lowest BCUT2D eigenvalue weighted by molar-refractivity contribution is -0.109. The Labute approximate surface area is 88.1 Å². The fourth-order valence-corrected chi connectivity index (χ4v) is 1.83. The summed E-state index contributed by atoms with van der Waals surface area (Å²) in [7, 11) is 0. The van der Waals surface area contributed by atoms with E-state index < -0.39 is 0 Å². The van der Waals surface area contributed by atoms with Crippen LogP contribution in [0.25, 0.3) is 0 Å². The molecule has 0 amide bonds. The summed E-state index contributed by atoms with van der Waals surface area (Å²) < 4.78 is 5.12. The first-order chi connectivity index (χ1) is 7.20. The average molecular weight is 204 g/mol. The van der Waals surface area contributed by atoms with Crippen molar-refractivity contribution in [3.8, 4) is 0 Å². The lowest BCUT2D eigenvalue weighted by Crippen LogP contribution is -2.27. The Balaban J connectivity index is 2.33. The van der Waals surface area contributed by atoms with Crippen molar-refractivity contribution in [1.82, 2.24) is 0 Å². The van der Waals surface area contributed by atoms with Crippen LogP contribution in [-0.4, -0.2) is 18.4 Å². The van der Waals surface area contributed by atoms with E-state index in [0.717, 1.165) is 17.4 Å². The first-order valence-electron chi connectivity index (χ1n) is 4.95. The van der Waals surface area contributed by atoms with E-state index in [-0.39, 0.29) is 18.5 Å². The third-order valence-electron chi connectivity index (χ3n) is 2.56. The minimum atomic E-state index is -0.317. The molecule has 3 nitrogen and oxygen atoms in total. The molecule has 0 bridgehead atoms. The highest BCUT2D eigenvalue weighted by molar-refractivity contribution is 5.92. The number of fused-ring (bicyclic) bond motifs is 1. The van der Waals surface area contributed by atoms with Gasteiger partial charge in [-0.1, -0.05) is 17.7 Å². The van der Waals surface area contributed by atoms with Gasteiger partial charge in [-0.25, -0.2) is 4.79 Å². The number of benzene rings is 1. The van der Waals surface area contributed by atoms with Crippen LogP contribution in [0.1, 0.15) is 27.9 Å². The third kappa shape index (κ3) is 1.91. The zero-order chi connectivity index (χ0) is 10.8. The molecule has 0 aliphatic carbocycles. The molecule has 0 fully saturated rings. The number of hydrogen-bond acceptors (Lipinski definition) is 3. The number of aldehydes is 1. The third-order valence-corrected chi connectivity index (χ3v) is 2.56. The minimum absolute atomic E-state index is 0.277. The number of rotatable bonds is 2. The van der Waals surface area contributed by atoms with E-state index in [4.69, 9.17) is 4.74 Å². The van der Waals surface area contributed by atoms with Crippen molar-refractivity contribution in [1.29, 1.82) is 0 Å². The Bertz CT molecular complexity index is 409. The summed E-state index contributed by atoms with van der Waals surface area (Å²) in [4.78, 5) is 21.9. The smallest absolute Gasteiger partial charge is 0.338 e. The van der Waals surface area contributed by atoms with Gasteiger partial charge in [0.25, 0.3) is 0 Å². The second kappa shape index (κ2) is 3.85. The average Bonchev–Trinajstić information content (AvgIpc) is 2.17. The molecule has 78 valence electrons. The molecular formula is C12H12O3. The van der Waals surface area contributed by atoms with Gasteiger partial charge in [0.05, 0.1) is 5.56 Å². The van der Waals surface area contributed by atoms with Crippen LogP contribution in [0.3, 0.4) is 0 Å². The van der Waals surface area contributed by atoms with E-state index in [0.29, 0.717) is 12.0 Å². The molecule has 15 heavy (non-hydrogen) atoms. The molecule has 0 spiro atoms. The van der Waals surface area contributed by atoms with Crippen molar-refractivity contribution in [3.63, 3.8) is 0 Å². The number of esters is 1. The van der Waals surface area contributed by atoms with E-state index in [2.05, 4.69) is 0 Å². The largest absolute Gasteiger partial charge is 0.458 e. The number of carbonyl (C=O) groups excluding carboxylic acids is 2. The van der Waals surface area contributed by atoms with Crippen molar-refractivity contribution in [2.45, 2.75) is 25.9 Å². The van der Waals surface area contributed by atoms with Gasteiger partial charge >= 0.3 is 5.97 Å². The molecule has 1 aliphatic rings. The summed E-state index contributed by atoms with van der Waals surface area (Å²) in [6.07, 6.45) is 1.42. The molecule has 1 aromatic rings. The highest BCUT2D eigenvalue weighted by atomic mass is 16.5. The Morgan fingerprint density at radius 3 is 3.07 bits per heavy atom. The van der Waals surface area contributed by atoms with Crippen LogP contribution in [0.2, 0.25) is 0 Å². The van der Waals surface area contributed by atoms with Crippen LogP contribution in [0.5, 0.6) is 0 Å². The van der Waals surface area contributed by atoms with Gasteiger partial charge in [0.15, 0.2) is 0 Å². The standard InChI is InChI=1S/C12H12O3/c1-8-2-3-11-9(6-8)7-10(4-5-13)15-12(11)14/h2-3,5-6,10H,4,7H2,1H3. The number of carbonyl (C=O) groups is 2. The Hall–Kier alpha value is -1.64. The monoisotopic (exact) mass is 204 g/mol. The summed E-state index contributed by atoms with van der Waals surface area (Å²) in [5.74, 6) is -0.317. The Morgan fingerprint density at radius 1 is 1.53 bits per heavy atom. The summed E-state index contributed by atoms with van der Waals surface area (Å²) in [5.41, 5.74) is 2.73. The molecule has 1 atom stereocenters. The van der Waals surface area contributed by atoms with Crippen LogP contribution in [0, 0.1) is 6.92 Å². The van der Waals surface area contributed by atoms with Crippen molar-refractivity contribution >= 4 is 12.3 Å². The molecular weight excluding hydrogens is 192 g/mol. The van der Waals surface area contributed by atoms with Crippen LogP contribution in [0.15, 0.2) is 18.2 Å². The van der Waals surface area contributed by atoms with Crippen LogP contribution < -0.4 is 0 Å². The van der Waals surface area contributed by atoms with Gasteiger partial charge < -0.3 is 9.53 Å². The molecule has 1 aromatic carbocycles. The van der Waals surface area contributed by atoms with Gasteiger partial charge in [-0.2, -0.15) is 0 Å². The normalized spacial score (nSPS) is 19.3. The van der Waals surface area contributed by atoms with Gasteiger partial charge in [-0.3, -0.25) is 0 Å². The van der Waals surface area contributed by atoms with E-state index in [1.807, 2.05) is 19.1 Å². The zero-order valence-electron chi connectivity index (χ0n) is 8.53. The molecule has 3 heteroatoms. The maximum Gasteiger partial charge on any atom is 0.338 e. The first kappa shape index (κ1) is 9.90. The van der Waals surface area contributed by atoms with Gasteiger partial charge in [0, 0.05) is 12.8 Å². The lowest BCUT2D eigenvalue weighted by atomic mass is 9.96. The van der Waals surface area contributed by atoms with Crippen LogP contribution in [0.4, 0.5) is 0 Å². The minimum Gasteiger partial charge on any atom is -0.458 e. The van der Waals surface area contributed by atoms with Crippen molar-refractivity contribution in [3.05, 3.63) is 34.9 Å². The van der Waals surface area contributed by atoms with E-state index in [1.165, 1.54) is 0 Å². The topological polar surface area (TPSA) is 43.4 Å². The quantitative estimate of drug-likeness (QED) is 0.543. The van der Waals surface area contributed by atoms with E-state index in [9.17, 15) is 9.59 Å². The Kier molecular flexibility index (Phi) is 2.54. The number of hydrogen-bond donors (Lipinski definition) is 0. The molecule has 2 rings (SSSR count). The summed E-state index contributed by atoms with van der Waals surface area (Å²) in [6, 6.07) is 5.65. The van der Waals surface area contributed by atoms with Crippen LogP contribution >= 0.6 is 0 Å². The summed E-state index contributed by atoms with van der Waals surface area (Å²) in [6.45, 7) is 1.98. The molecule has 0 radical (unpaired) electrons.